The quantitative estimate of drug-likeness (QED) is 0.492. The second-order valence-electron chi connectivity index (χ2n) is 5.00. The minimum atomic E-state index is -0.231. The van der Waals surface area contributed by atoms with Gasteiger partial charge in [0.2, 0.25) is 0 Å². The number of hydrazine groups is 1. The molecule has 1 aromatic rings. The summed E-state index contributed by atoms with van der Waals surface area (Å²) in [6.07, 6.45) is 6.60. The Morgan fingerprint density at radius 1 is 1.37 bits per heavy atom. The van der Waals surface area contributed by atoms with Gasteiger partial charge in [0, 0.05) is 12.2 Å². The Bertz CT molecular complexity index is 432. The zero-order valence-corrected chi connectivity index (χ0v) is 11.8. The van der Waals surface area contributed by atoms with E-state index in [0.29, 0.717) is 22.8 Å². The molecule has 1 fully saturated rings. The molecule has 6 heteroatoms. The van der Waals surface area contributed by atoms with Crippen molar-refractivity contribution in [3.63, 3.8) is 0 Å². The molecule has 0 saturated heterocycles. The average molecular weight is 280 g/mol. The SMILES string of the molecule is C[C@H]1CCCC[C@H]1NC(=S)NNC(=O)c1ccc[nH]1. The Labute approximate surface area is 118 Å². The van der Waals surface area contributed by atoms with Crippen LogP contribution < -0.4 is 16.2 Å². The smallest absolute Gasteiger partial charge is 0.286 e. The number of amides is 1. The molecule has 2 atom stereocenters. The van der Waals surface area contributed by atoms with E-state index in [4.69, 9.17) is 12.2 Å². The van der Waals surface area contributed by atoms with Crippen LogP contribution in [0.15, 0.2) is 18.3 Å². The normalized spacial score (nSPS) is 22.6. The fourth-order valence-electron chi connectivity index (χ4n) is 2.39. The molecule has 5 nitrogen and oxygen atoms in total. The Hall–Kier alpha value is -1.56. The summed E-state index contributed by atoms with van der Waals surface area (Å²) in [6, 6.07) is 3.88. The highest BCUT2D eigenvalue weighted by atomic mass is 32.1. The molecule has 1 saturated carbocycles. The molecule has 1 amide bonds. The van der Waals surface area contributed by atoms with Gasteiger partial charge in [0.15, 0.2) is 5.11 Å². The van der Waals surface area contributed by atoms with Crippen LogP contribution in [0.4, 0.5) is 0 Å². The second-order valence-corrected chi connectivity index (χ2v) is 5.41. The molecule has 19 heavy (non-hydrogen) atoms. The molecule has 1 aliphatic rings. The summed E-state index contributed by atoms with van der Waals surface area (Å²) in [5.74, 6) is 0.387. The number of thiocarbonyl (C=S) groups is 1. The number of aromatic amines is 1. The highest BCUT2D eigenvalue weighted by Crippen LogP contribution is 2.23. The molecule has 0 spiro atoms. The minimum Gasteiger partial charge on any atom is -0.358 e. The van der Waals surface area contributed by atoms with Crippen molar-refractivity contribution in [2.75, 3.05) is 0 Å². The third-order valence-electron chi connectivity index (χ3n) is 3.56. The van der Waals surface area contributed by atoms with E-state index in [1.807, 2.05) is 0 Å². The van der Waals surface area contributed by atoms with E-state index in [-0.39, 0.29) is 5.91 Å². The number of H-pyrrole nitrogens is 1. The van der Waals surface area contributed by atoms with Crippen LogP contribution >= 0.6 is 12.2 Å². The third kappa shape index (κ3) is 3.96. The topological polar surface area (TPSA) is 68.9 Å². The van der Waals surface area contributed by atoms with Gasteiger partial charge in [-0.3, -0.25) is 15.6 Å². The third-order valence-corrected chi connectivity index (χ3v) is 3.78. The van der Waals surface area contributed by atoms with Crippen LogP contribution in [0.1, 0.15) is 43.1 Å². The van der Waals surface area contributed by atoms with E-state index in [2.05, 4.69) is 28.1 Å². The molecule has 0 unspecified atom stereocenters. The molecule has 1 aliphatic carbocycles. The van der Waals surface area contributed by atoms with Crippen LogP contribution in [0.25, 0.3) is 0 Å². The van der Waals surface area contributed by atoms with Gasteiger partial charge < -0.3 is 10.3 Å². The molecule has 1 heterocycles. The number of hydrogen-bond acceptors (Lipinski definition) is 2. The van der Waals surface area contributed by atoms with Gasteiger partial charge in [-0.15, -0.1) is 0 Å². The van der Waals surface area contributed by atoms with Gasteiger partial charge in [-0.05, 0) is 43.1 Å². The van der Waals surface area contributed by atoms with Crippen molar-refractivity contribution in [1.29, 1.82) is 0 Å². The Balaban J connectivity index is 1.74. The molecule has 104 valence electrons. The first-order chi connectivity index (χ1) is 9.16. The molecule has 1 aromatic heterocycles. The Morgan fingerprint density at radius 2 is 2.16 bits per heavy atom. The van der Waals surface area contributed by atoms with Crippen molar-refractivity contribution in [3.8, 4) is 0 Å². The first kappa shape index (κ1) is 13.9. The lowest BCUT2D eigenvalue weighted by molar-refractivity contribution is 0.0939. The van der Waals surface area contributed by atoms with E-state index in [9.17, 15) is 4.79 Å². The predicted molar refractivity (Wildman–Crippen MR) is 78.5 cm³/mol. The number of carbonyl (C=O) groups excluding carboxylic acids is 1. The van der Waals surface area contributed by atoms with Gasteiger partial charge in [-0.2, -0.15) is 0 Å². The maximum absolute atomic E-state index is 11.7. The van der Waals surface area contributed by atoms with Crippen LogP contribution in [-0.2, 0) is 0 Å². The van der Waals surface area contributed by atoms with Gasteiger partial charge in [-0.25, -0.2) is 0 Å². The summed E-state index contributed by atoms with van der Waals surface area (Å²) < 4.78 is 0. The van der Waals surface area contributed by atoms with E-state index >= 15 is 0 Å². The monoisotopic (exact) mass is 280 g/mol. The second kappa shape index (κ2) is 6.56. The lowest BCUT2D eigenvalue weighted by Gasteiger charge is -2.30. The van der Waals surface area contributed by atoms with Crippen LogP contribution in [0.2, 0.25) is 0 Å². The predicted octanol–water partition coefficient (Wildman–Crippen LogP) is 1.70. The maximum atomic E-state index is 11.7. The molecule has 0 bridgehead atoms. The van der Waals surface area contributed by atoms with E-state index in [0.717, 1.165) is 6.42 Å². The van der Waals surface area contributed by atoms with Crippen LogP contribution in [-0.4, -0.2) is 22.0 Å². The van der Waals surface area contributed by atoms with Gasteiger partial charge in [0.1, 0.15) is 5.69 Å². The average Bonchev–Trinajstić information content (AvgIpc) is 2.93. The zero-order chi connectivity index (χ0) is 13.7. The van der Waals surface area contributed by atoms with Crippen molar-refractivity contribution < 1.29 is 4.79 Å². The Morgan fingerprint density at radius 3 is 2.84 bits per heavy atom. The molecule has 0 aromatic carbocycles. The largest absolute Gasteiger partial charge is 0.358 e. The molecule has 0 radical (unpaired) electrons. The standard InChI is InChI=1S/C13H20N4OS/c1-9-5-2-3-6-10(9)15-13(19)17-16-12(18)11-7-4-8-14-11/h4,7-10,14H,2-3,5-6H2,1H3,(H,16,18)(H2,15,17,19)/t9-,10+/m0/s1. The van der Waals surface area contributed by atoms with Crippen molar-refractivity contribution >= 4 is 23.2 Å². The molecule has 4 N–H and O–H groups in total. The number of aromatic nitrogens is 1. The van der Waals surface area contributed by atoms with Crippen molar-refractivity contribution in [2.45, 2.75) is 38.6 Å². The summed E-state index contributed by atoms with van der Waals surface area (Å²) in [4.78, 5) is 14.5. The first-order valence-electron chi connectivity index (χ1n) is 6.67. The van der Waals surface area contributed by atoms with Crippen LogP contribution in [0.3, 0.4) is 0 Å². The number of rotatable bonds is 2. The van der Waals surface area contributed by atoms with Gasteiger partial charge in [0.25, 0.3) is 5.91 Å². The summed E-state index contributed by atoms with van der Waals surface area (Å²) >= 11 is 5.19. The number of hydrogen-bond donors (Lipinski definition) is 4. The highest BCUT2D eigenvalue weighted by molar-refractivity contribution is 7.80. The summed E-state index contributed by atoms with van der Waals surface area (Å²) in [5, 5.41) is 3.74. The van der Waals surface area contributed by atoms with Crippen LogP contribution in [0.5, 0.6) is 0 Å². The lowest BCUT2D eigenvalue weighted by atomic mass is 9.86. The van der Waals surface area contributed by atoms with Gasteiger partial charge in [0.05, 0.1) is 0 Å². The maximum Gasteiger partial charge on any atom is 0.286 e. The van der Waals surface area contributed by atoms with E-state index in [1.54, 1.807) is 18.3 Å². The van der Waals surface area contributed by atoms with Gasteiger partial charge in [-0.1, -0.05) is 19.8 Å². The van der Waals surface area contributed by atoms with Crippen LogP contribution in [0, 0.1) is 5.92 Å². The zero-order valence-electron chi connectivity index (χ0n) is 11.0. The van der Waals surface area contributed by atoms with Crippen molar-refractivity contribution in [2.24, 2.45) is 5.92 Å². The first-order valence-corrected chi connectivity index (χ1v) is 7.08. The molecule has 2 rings (SSSR count). The lowest BCUT2D eigenvalue weighted by Crippen LogP contribution is -2.51. The number of carbonyl (C=O) groups is 1. The summed E-state index contributed by atoms with van der Waals surface area (Å²) in [6.45, 7) is 2.23. The van der Waals surface area contributed by atoms with Crippen molar-refractivity contribution in [3.05, 3.63) is 24.0 Å². The summed E-state index contributed by atoms with van der Waals surface area (Å²) in [7, 11) is 0. The Kier molecular flexibility index (Phi) is 4.79. The molecular formula is C13H20N4OS. The van der Waals surface area contributed by atoms with E-state index in [1.165, 1.54) is 19.3 Å². The minimum absolute atomic E-state index is 0.231. The fraction of sp³-hybridized carbons (Fsp3) is 0.538. The summed E-state index contributed by atoms with van der Waals surface area (Å²) in [5.41, 5.74) is 5.81. The van der Waals surface area contributed by atoms with Gasteiger partial charge >= 0.3 is 0 Å². The van der Waals surface area contributed by atoms with Crippen molar-refractivity contribution in [1.82, 2.24) is 21.2 Å². The molecular weight excluding hydrogens is 260 g/mol. The molecule has 0 aliphatic heterocycles. The number of nitrogens with one attached hydrogen (secondary N) is 4. The fourth-order valence-corrected chi connectivity index (χ4v) is 2.59. The highest BCUT2D eigenvalue weighted by Gasteiger charge is 2.21. The van der Waals surface area contributed by atoms with E-state index < -0.39 is 0 Å².